The Morgan fingerprint density at radius 2 is 1.88 bits per heavy atom. The highest BCUT2D eigenvalue weighted by Crippen LogP contribution is 2.28. The van der Waals surface area contributed by atoms with Crippen LogP contribution in [0.15, 0.2) is 30.3 Å². The fourth-order valence-corrected chi connectivity index (χ4v) is 1.87. The van der Waals surface area contributed by atoms with Gasteiger partial charge in [0, 0.05) is 6.42 Å². The molecule has 0 aliphatic carbocycles. The highest BCUT2D eigenvalue weighted by Gasteiger charge is 2.06. The molecule has 88 valence electrons. The zero-order valence-corrected chi connectivity index (χ0v) is 9.18. The number of nitrogens with two attached hydrogens (primary N) is 1. The van der Waals surface area contributed by atoms with Crippen molar-refractivity contribution in [1.82, 2.24) is 0 Å². The number of amides is 1. The number of hydrogen-bond acceptors (Lipinski definition) is 3. The van der Waals surface area contributed by atoms with Crippen molar-refractivity contribution in [1.29, 1.82) is 0 Å². The van der Waals surface area contributed by atoms with E-state index in [4.69, 9.17) is 5.73 Å². The second-order valence-electron chi connectivity index (χ2n) is 3.98. The summed E-state index contributed by atoms with van der Waals surface area (Å²) in [5.41, 5.74) is 5.90. The van der Waals surface area contributed by atoms with Gasteiger partial charge in [-0.1, -0.05) is 6.07 Å². The fraction of sp³-hybridized carbons (Fsp3) is 0.154. The van der Waals surface area contributed by atoms with E-state index in [1.807, 2.05) is 0 Å². The number of phenols is 2. The maximum atomic E-state index is 10.8. The molecule has 0 bridgehead atoms. The van der Waals surface area contributed by atoms with Crippen molar-refractivity contribution in [2.45, 2.75) is 12.8 Å². The first kappa shape index (κ1) is 11.3. The number of aromatic hydroxyl groups is 2. The third kappa shape index (κ3) is 2.47. The van der Waals surface area contributed by atoms with E-state index in [1.54, 1.807) is 30.3 Å². The molecular formula is C13H13NO3. The Bertz CT molecular complexity index is 578. The minimum Gasteiger partial charge on any atom is -0.508 e. The Morgan fingerprint density at radius 3 is 2.59 bits per heavy atom. The number of primary amides is 1. The van der Waals surface area contributed by atoms with Gasteiger partial charge in [-0.15, -0.1) is 0 Å². The number of carbonyl (C=O) groups is 1. The second kappa shape index (κ2) is 4.33. The molecule has 0 saturated heterocycles. The molecule has 0 heterocycles. The summed E-state index contributed by atoms with van der Waals surface area (Å²) in [6, 6.07) is 8.09. The van der Waals surface area contributed by atoms with Crippen LogP contribution in [0.3, 0.4) is 0 Å². The van der Waals surface area contributed by atoms with Crippen molar-refractivity contribution >= 4 is 16.7 Å². The standard InChI is InChI=1S/C13H13NO3/c14-13(17)4-2-9-6-11(16)5-8-1-3-10(15)7-12(8)9/h1,3,5-7,15-16H,2,4H2,(H2,14,17). The average Bonchev–Trinajstić information content (AvgIpc) is 2.26. The number of aryl methyl sites for hydroxylation is 1. The molecule has 2 aromatic carbocycles. The van der Waals surface area contributed by atoms with Crippen LogP contribution in [0.2, 0.25) is 0 Å². The number of benzene rings is 2. The molecule has 0 saturated carbocycles. The molecule has 4 N–H and O–H groups in total. The van der Waals surface area contributed by atoms with Crippen LogP contribution in [-0.2, 0) is 11.2 Å². The molecule has 0 spiro atoms. The lowest BCUT2D eigenvalue weighted by atomic mass is 10.00. The van der Waals surface area contributed by atoms with E-state index in [2.05, 4.69) is 0 Å². The summed E-state index contributed by atoms with van der Waals surface area (Å²) in [6.07, 6.45) is 0.665. The Labute approximate surface area is 98.3 Å². The van der Waals surface area contributed by atoms with Crippen molar-refractivity contribution in [3.05, 3.63) is 35.9 Å². The molecule has 0 atom stereocenters. The summed E-state index contributed by atoms with van der Waals surface area (Å²) in [6.45, 7) is 0. The van der Waals surface area contributed by atoms with Crippen molar-refractivity contribution in [3.63, 3.8) is 0 Å². The quantitative estimate of drug-likeness (QED) is 0.751. The average molecular weight is 231 g/mol. The van der Waals surface area contributed by atoms with E-state index in [0.717, 1.165) is 16.3 Å². The summed E-state index contributed by atoms with van der Waals surface area (Å²) in [5.74, 6) is -0.0900. The summed E-state index contributed by atoms with van der Waals surface area (Å²) in [5, 5.41) is 20.7. The summed E-state index contributed by atoms with van der Waals surface area (Å²) in [7, 11) is 0. The van der Waals surface area contributed by atoms with Crippen LogP contribution in [0.1, 0.15) is 12.0 Å². The monoisotopic (exact) mass is 231 g/mol. The van der Waals surface area contributed by atoms with Crippen LogP contribution in [0.5, 0.6) is 11.5 Å². The minimum atomic E-state index is -0.387. The van der Waals surface area contributed by atoms with Crippen LogP contribution in [0.25, 0.3) is 10.8 Å². The van der Waals surface area contributed by atoms with Gasteiger partial charge in [-0.25, -0.2) is 0 Å². The molecule has 17 heavy (non-hydrogen) atoms. The van der Waals surface area contributed by atoms with E-state index in [-0.39, 0.29) is 23.8 Å². The van der Waals surface area contributed by atoms with Gasteiger partial charge in [0.2, 0.25) is 5.91 Å². The Balaban J connectivity index is 2.51. The molecule has 1 amide bonds. The number of phenolic OH excluding ortho intramolecular Hbond substituents is 2. The van der Waals surface area contributed by atoms with Crippen LogP contribution in [0.4, 0.5) is 0 Å². The fourth-order valence-electron chi connectivity index (χ4n) is 1.87. The van der Waals surface area contributed by atoms with Crippen LogP contribution >= 0.6 is 0 Å². The van der Waals surface area contributed by atoms with E-state index in [1.165, 1.54) is 0 Å². The molecule has 0 unspecified atom stereocenters. The first-order valence-electron chi connectivity index (χ1n) is 5.29. The Morgan fingerprint density at radius 1 is 1.12 bits per heavy atom. The van der Waals surface area contributed by atoms with Crippen molar-refractivity contribution < 1.29 is 15.0 Å². The van der Waals surface area contributed by atoms with Crippen LogP contribution in [-0.4, -0.2) is 16.1 Å². The van der Waals surface area contributed by atoms with Gasteiger partial charge in [0.05, 0.1) is 0 Å². The number of carbonyl (C=O) groups excluding carboxylic acids is 1. The van der Waals surface area contributed by atoms with Crippen molar-refractivity contribution in [2.75, 3.05) is 0 Å². The molecule has 0 fully saturated rings. The molecular weight excluding hydrogens is 218 g/mol. The first-order valence-corrected chi connectivity index (χ1v) is 5.29. The molecule has 4 nitrogen and oxygen atoms in total. The van der Waals surface area contributed by atoms with E-state index in [0.29, 0.717) is 6.42 Å². The molecule has 2 aromatic rings. The zero-order chi connectivity index (χ0) is 12.4. The molecule has 0 aliphatic heterocycles. The van der Waals surface area contributed by atoms with Gasteiger partial charge in [0.1, 0.15) is 11.5 Å². The molecule has 0 aliphatic rings. The Kier molecular flexibility index (Phi) is 2.87. The predicted molar refractivity (Wildman–Crippen MR) is 64.8 cm³/mol. The summed E-state index contributed by atoms with van der Waals surface area (Å²) >= 11 is 0. The van der Waals surface area contributed by atoms with E-state index >= 15 is 0 Å². The van der Waals surface area contributed by atoms with Gasteiger partial charge in [-0.2, -0.15) is 0 Å². The van der Waals surface area contributed by atoms with Gasteiger partial charge in [-0.3, -0.25) is 4.79 Å². The second-order valence-corrected chi connectivity index (χ2v) is 3.98. The highest BCUT2D eigenvalue weighted by molar-refractivity contribution is 5.88. The summed E-state index contributed by atoms with van der Waals surface area (Å²) < 4.78 is 0. The van der Waals surface area contributed by atoms with Gasteiger partial charge < -0.3 is 15.9 Å². The predicted octanol–water partition coefficient (Wildman–Crippen LogP) is 1.67. The third-order valence-electron chi connectivity index (χ3n) is 2.65. The van der Waals surface area contributed by atoms with Crippen molar-refractivity contribution in [3.8, 4) is 11.5 Å². The lowest BCUT2D eigenvalue weighted by Crippen LogP contribution is -2.11. The van der Waals surface area contributed by atoms with Crippen molar-refractivity contribution in [2.24, 2.45) is 5.73 Å². The number of fused-ring (bicyclic) bond motifs is 1. The molecule has 4 heteroatoms. The van der Waals surface area contributed by atoms with E-state index in [9.17, 15) is 15.0 Å². The first-order chi connectivity index (χ1) is 8.06. The maximum Gasteiger partial charge on any atom is 0.217 e. The van der Waals surface area contributed by atoms with Gasteiger partial charge >= 0.3 is 0 Å². The third-order valence-corrected chi connectivity index (χ3v) is 2.65. The van der Waals surface area contributed by atoms with Gasteiger partial charge in [-0.05, 0) is 47.0 Å². The Hall–Kier alpha value is -2.23. The SMILES string of the molecule is NC(=O)CCc1cc(O)cc2ccc(O)cc12. The number of rotatable bonds is 3. The lowest BCUT2D eigenvalue weighted by molar-refractivity contribution is -0.117. The van der Waals surface area contributed by atoms with Gasteiger partial charge in [0.15, 0.2) is 0 Å². The normalized spacial score (nSPS) is 10.6. The van der Waals surface area contributed by atoms with Crippen LogP contribution < -0.4 is 5.73 Å². The summed E-state index contributed by atoms with van der Waals surface area (Å²) in [4.78, 5) is 10.8. The largest absolute Gasteiger partial charge is 0.508 e. The molecule has 0 radical (unpaired) electrons. The topological polar surface area (TPSA) is 83.6 Å². The molecule has 2 rings (SSSR count). The highest BCUT2D eigenvalue weighted by atomic mass is 16.3. The molecule has 0 aromatic heterocycles. The maximum absolute atomic E-state index is 10.8. The smallest absolute Gasteiger partial charge is 0.217 e. The zero-order valence-electron chi connectivity index (χ0n) is 9.18. The lowest BCUT2D eigenvalue weighted by Gasteiger charge is -2.07. The number of hydrogen-bond donors (Lipinski definition) is 3. The minimum absolute atomic E-state index is 0.141. The van der Waals surface area contributed by atoms with E-state index < -0.39 is 0 Å². The van der Waals surface area contributed by atoms with Gasteiger partial charge in [0.25, 0.3) is 0 Å². The van der Waals surface area contributed by atoms with Crippen LogP contribution in [0, 0.1) is 0 Å².